The predicted octanol–water partition coefficient (Wildman–Crippen LogP) is 4.39. The van der Waals surface area contributed by atoms with E-state index in [0.29, 0.717) is 12.1 Å². The maximum atomic E-state index is 13.3. The molecule has 182 valence electrons. The van der Waals surface area contributed by atoms with Gasteiger partial charge in [0.2, 0.25) is 0 Å². The van der Waals surface area contributed by atoms with Crippen LogP contribution >= 0.6 is 11.8 Å². The van der Waals surface area contributed by atoms with Crippen molar-refractivity contribution in [3.05, 3.63) is 59.4 Å². The van der Waals surface area contributed by atoms with Gasteiger partial charge in [-0.2, -0.15) is 26.3 Å². The Morgan fingerprint density at radius 1 is 1.03 bits per heavy atom. The molecule has 0 unspecified atom stereocenters. The summed E-state index contributed by atoms with van der Waals surface area (Å²) in [7, 11) is -4.41. The van der Waals surface area contributed by atoms with Crippen LogP contribution in [-0.2, 0) is 22.0 Å². The van der Waals surface area contributed by atoms with Crippen LogP contribution in [0.4, 0.5) is 36.4 Å². The fourth-order valence-electron chi connectivity index (χ4n) is 3.67. The van der Waals surface area contributed by atoms with Gasteiger partial charge in [-0.25, -0.2) is 17.6 Å². The molecule has 14 heteroatoms. The predicted molar refractivity (Wildman–Crippen MR) is 104 cm³/mol. The number of halogens is 8. The summed E-state index contributed by atoms with van der Waals surface area (Å²) >= 11 is 5.53. The van der Waals surface area contributed by atoms with Crippen molar-refractivity contribution in [1.29, 1.82) is 0 Å². The molecule has 33 heavy (non-hydrogen) atoms. The van der Waals surface area contributed by atoms with Crippen LogP contribution < -0.4 is 9.14 Å². The summed E-state index contributed by atoms with van der Waals surface area (Å²) in [6.45, 7) is -0.0990. The van der Waals surface area contributed by atoms with Gasteiger partial charge in [0, 0.05) is 12.1 Å². The molecule has 2 aromatic carbocycles. The monoisotopic (exact) mass is 520 g/mol. The van der Waals surface area contributed by atoms with Gasteiger partial charge in [0.15, 0.2) is 0 Å². The minimum absolute atomic E-state index is 0.00688. The number of aliphatic hydroxyl groups is 1. The number of alkyl halides is 6. The fourth-order valence-corrected chi connectivity index (χ4v) is 5.56. The van der Waals surface area contributed by atoms with Gasteiger partial charge in [-0.05, 0) is 60.5 Å². The largest absolute Gasteiger partial charge is 0.430 e. The molecule has 1 aliphatic rings. The second-order valence-electron chi connectivity index (χ2n) is 7.33. The van der Waals surface area contributed by atoms with E-state index in [9.17, 15) is 44.3 Å². The Kier molecular flexibility index (Phi) is 6.65. The molecule has 2 N–H and O–H groups in total. The Morgan fingerprint density at radius 2 is 1.61 bits per heavy atom. The number of sulfonamides is 1. The molecule has 1 heterocycles. The van der Waals surface area contributed by atoms with E-state index in [1.807, 2.05) is 0 Å². The van der Waals surface area contributed by atoms with E-state index in [1.54, 1.807) is 0 Å². The first-order valence-corrected chi connectivity index (χ1v) is 11.1. The standard InChI is InChI=1S/C19H16ClF7N2O3S/c20-28-10-14-5-1-11-9-12(17(30,18(22,23)24)19(25,26)27)2-8-16(11)29(14)33(31,32)15-6-3-13(21)4-7-15/h2-4,6-9,14,28,30H,1,5,10H2/t14-/m0/s1. The number of benzene rings is 2. The minimum Gasteiger partial charge on any atom is -0.369 e. The third-order valence-corrected chi connectivity index (χ3v) is 7.35. The van der Waals surface area contributed by atoms with Crippen molar-refractivity contribution in [3.63, 3.8) is 0 Å². The van der Waals surface area contributed by atoms with Crippen molar-refractivity contribution in [2.24, 2.45) is 0 Å². The maximum Gasteiger partial charge on any atom is 0.430 e. The third kappa shape index (κ3) is 4.38. The van der Waals surface area contributed by atoms with Crippen molar-refractivity contribution in [3.8, 4) is 0 Å². The molecule has 3 rings (SSSR count). The van der Waals surface area contributed by atoms with Gasteiger partial charge in [0.05, 0.1) is 16.6 Å². The molecule has 0 fully saturated rings. The highest BCUT2D eigenvalue weighted by molar-refractivity contribution is 7.92. The summed E-state index contributed by atoms with van der Waals surface area (Å²) in [4.78, 5) is 1.93. The molecule has 0 aromatic heterocycles. The highest BCUT2D eigenvalue weighted by atomic mass is 35.5. The second kappa shape index (κ2) is 8.60. The highest BCUT2D eigenvalue weighted by Gasteiger charge is 2.71. The third-order valence-electron chi connectivity index (χ3n) is 5.32. The highest BCUT2D eigenvalue weighted by Crippen LogP contribution is 2.51. The number of nitrogens with zero attached hydrogens (tertiary/aromatic N) is 1. The van der Waals surface area contributed by atoms with Gasteiger partial charge < -0.3 is 5.11 Å². The molecule has 0 amide bonds. The lowest BCUT2D eigenvalue weighted by Gasteiger charge is -2.39. The molecule has 5 nitrogen and oxygen atoms in total. The van der Waals surface area contributed by atoms with E-state index in [-0.39, 0.29) is 35.5 Å². The Labute approximate surface area is 188 Å². The van der Waals surface area contributed by atoms with Crippen molar-refractivity contribution >= 4 is 27.5 Å². The Hall–Kier alpha value is -2.09. The number of fused-ring (bicyclic) bond motifs is 1. The summed E-state index contributed by atoms with van der Waals surface area (Å²) in [6.07, 6.45) is -12.3. The van der Waals surface area contributed by atoms with Gasteiger partial charge in [-0.1, -0.05) is 12.1 Å². The number of hydrogen-bond acceptors (Lipinski definition) is 4. The molecule has 1 aliphatic heterocycles. The van der Waals surface area contributed by atoms with Gasteiger partial charge in [-0.15, -0.1) is 0 Å². The molecular weight excluding hydrogens is 505 g/mol. The van der Waals surface area contributed by atoms with E-state index < -0.39 is 45.4 Å². The van der Waals surface area contributed by atoms with Gasteiger partial charge >= 0.3 is 12.4 Å². The number of anilines is 1. The first kappa shape index (κ1) is 25.5. The van der Waals surface area contributed by atoms with Gasteiger partial charge in [0.1, 0.15) is 5.82 Å². The summed E-state index contributed by atoms with van der Waals surface area (Å²) in [6, 6.07) is 4.53. The first-order valence-electron chi connectivity index (χ1n) is 9.27. The van der Waals surface area contributed by atoms with Crippen LogP contribution in [0.1, 0.15) is 17.5 Å². The van der Waals surface area contributed by atoms with Crippen LogP contribution in [0, 0.1) is 5.82 Å². The van der Waals surface area contributed by atoms with Crippen LogP contribution in [-0.4, -0.2) is 38.5 Å². The Morgan fingerprint density at radius 3 is 2.12 bits per heavy atom. The number of nitrogens with one attached hydrogen (secondary N) is 1. The quantitative estimate of drug-likeness (QED) is 0.453. The smallest absolute Gasteiger partial charge is 0.369 e. The van der Waals surface area contributed by atoms with Gasteiger partial charge in [0.25, 0.3) is 15.6 Å². The molecule has 0 saturated carbocycles. The zero-order valence-corrected chi connectivity index (χ0v) is 18.0. The minimum atomic E-state index is -6.08. The SMILES string of the molecule is O=S(=O)(c1ccc(F)cc1)N1c2ccc(C(O)(C(F)(F)F)C(F)(F)F)cc2CC[C@H]1CNCl. The summed E-state index contributed by atoms with van der Waals surface area (Å²) in [5.41, 5.74) is -6.98. The Balaban J connectivity index is 2.18. The fraction of sp³-hybridized carbons (Fsp3) is 0.368. The van der Waals surface area contributed by atoms with Gasteiger partial charge in [-0.3, -0.25) is 4.31 Å². The van der Waals surface area contributed by atoms with Crippen LogP contribution in [0.25, 0.3) is 0 Å². The average Bonchev–Trinajstić information content (AvgIpc) is 2.71. The number of aryl methyl sites for hydroxylation is 1. The van der Waals surface area contributed by atoms with Crippen LogP contribution in [0.2, 0.25) is 0 Å². The zero-order valence-electron chi connectivity index (χ0n) is 16.4. The first-order chi connectivity index (χ1) is 15.1. The Bertz CT molecular complexity index is 1110. The van der Waals surface area contributed by atoms with E-state index in [2.05, 4.69) is 4.84 Å². The molecular formula is C19H16ClF7N2O3S. The molecule has 2 aromatic rings. The molecule has 0 bridgehead atoms. The van der Waals surface area contributed by atoms with E-state index in [4.69, 9.17) is 11.8 Å². The number of hydrogen-bond donors (Lipinski definition) is 2. The average molecular weight is 521 g/mol. The van der Waals surface area contributed by atoms with Crippen LogP contribution in [0.5, 0.6) is 0 Å². The van der Waals surface area contributed by atoms with Crippen molar-refractivity contribution in [2.75, 3.05) is 10.8 Å². The topological polar surface area (TPSA) is 69.6 Å². The van der Waals surface area contributed by atoms with E-state index in [0.717, 1.165) is 34.6 Å². The normalized spacial score (nSPS) is 17.7. The summed E-state index contributed by atoms with van der Waals surface area (Å²) < 4.78 is 120. The van der Waals surface area contributed by atoms with Crippen LogP contribution in [0.3, 0.4) is 0 Å². The molecule has 0 saturated heterocycles. The lowest BCUT2D eigenvalue weighted by Crippen LogP contribution is -2.54. The van der Waals surface area contributed by atoms with Crippen molar-refractivity contribution < 1.29 is 44.3 Å². The summed E-state index contributed by atoms with van der Waals surface area (Å²) in [5, 5.41) is 9.68. The van der Waals surface area contributed by atoms with Crippen LogP contribution in [0.15, 0.2) is 47.4 Å². The second-order valence-corrected chi connectivity index (χ2v) is 9.42. The molecule has 1 atom stereocenters. The number of rotatable bonds is 5. The zero-order chi connectivity index (χ0) is 24.8. The lowest BCUT2D eigenvalue weighted by molar-refractivity contribution is -0.376. The van der Waals surface area contributed by atoms with E-state index in [1.165, 1.54) is 0 Å². The van der Waals surface area contributed by atoms with Crippen molar-refractivity contribution in [2.45, 2.75) is 41.7 Å². The van der Waals surface area contributed by atoms with Crippen molar-refractivity contribution in [1.82, 2.24) is 4.84 Å². The maximum absolute atomic E-state index is 13.3. The lowest BCUT2D eigenvalue weighted by atomic mass is 9.88. The van der Waals surface area contributed by atoms with E-state index >= 15 is 0 Å². The molecule has 0 radical (unpaired) electrons. The molecule has 0 aliphatic carbocycles. The summed E-state index contributed by atoms with van der Waals surface area (Å²) in [5.74, 6) is -0.713. The molecule has 0 spiro atoms.